The van der Waals surface area contributed by atoms with Crippen molar-refractivity contribution >= 4 is 12.4 Å². The predicted molar refractivity (Wildman–Crippen MR) is 47.4 cm³/mol. The van der Waals surface area contributed by atoms with Crippen LogP contribution in [0.1, 0.15) is 26.7 Å². The molecule has 10 heavy (non-hydrogen) atoms. The van der Waals surface area contributed by atoms with Gasteiger partial charge in [0.1, 0.15) is 0 Å². The largest absolute Gasteiger partial charge is 0.324 e. The Morgan fingerprint density at radius 1 is 1.60 bits per heavy atom. The first-order chi connectivity index (χ1) is 4.02. The van der Waals surface area contributed by atoms with Crippen molar-refractivity contribution in [3.8, 4) is 0 Å². The van der Waals surface area contributed by atoms with Crippen LogP contribution >= 0.6 is 12.4 Å². The minimum absolute atomic E-state index is 0. The van der Waals surface area contributed by atoms with E-state index in [1.165, 1.54) is 0 Å². The van der Waals surface area contributed by atoms with Crippen molar-refractivity contribution in [2.45, 2.75) is 32.2 Å². The normalized spacial score (nSPS) is 34.3. The molecular formula is C8H16ClN. The molecule has 0 aromatic carbocycles. The summed E-state index contributed by atoms with van der Waals surface area (Å²) in [6.45, 7) is 8.08. The Hall–Kier alpha value is -0.0100. The van der Waals surface area contributed by atoms with Crippen LogP contribution in [0.5, 0.6) is 0 Å². The monoisotopic (exact) mass is 161 g/mol. The van der Waals surface area contributed by atoms with E-state index < -0.39 is 0 Å². The maximum absolute atomic E-state index is 5.96. The van der Waals surface area contributed by atoms with Crippen molar-refractivity contribution < 1.29 is 0 Å². The lowest BCUT2D eigenvalue weighted by Gasteiger charge is -2.10. The Bertz CT molecular complexity index is 142. The second-order valence-electron chi connectivity index (χ2n) is 3.71. The van der Waals surface area contributed by atoms with Gasteiger partial charge < -0.3 is 5.73 Å². The van der Waals surface area contributed by atoms with Gasteiger partial charge in [0.2, 0.25) is 0 Å². The maximum atomic E-state index is 5.96. The summed E-state index contributed by atoms with van der Waals surface area (Å²) in [5.74, 6) is 0. The molecule has 1 fully saturated rings. The van der Waals surface area contributed by atoms with Crippen molar-refractivity contribution in [2.24, 2.45) is 11.1 Å². The van der Waals surface area contributed by atoms with E-state index >= 15 is 0 Å². The van der Waals surface area contributed by atoms with Gasteiger partial charge in [-0.3, -0.25) is 0 Å². The molecule has 0 saturated heterocycles. The topological polar surface area (TPSA) is 26.0 Å². The first kappa shape index (κ1) is 9.99. The van der Waals surface area contributed by atoms with Gasteiger partial charge in [-0.15, -0.1) is 19.0 Å². The molecule has 2 heteroatoms. The Labute approximate surface area is 69.1 Å². The van der Waals surface area contributed by atoms with Crippen molar-refractivity contribution in [1.82, 2.24) is 0 Å². The van der Waals surface area contributed by atoms with Gasteiger partial charge in [-0.05, 0) is 18.3 Å². The average Bonchev–Trinajstić information content (AvgIpc) is 2.07. The zero-order chi connectivity index (χ0) is 7.12. The first-order valence-electron chi connectivity index (χ1n) is 3.42. The number of halogens is 1. The maximum Gasteiger partial charge on any atom is 0.0247 e. The van der Waals surface area contributed by atoms with E-state index in [9.17, 15) is 0 Å². The third-order valence-corrected chi connectivity index (χ3v) is 2.49. The van der Waals surface area contributed by atoms with Gasteiger partial charge in [0.25, 0.3) is 0 Å². The zero-order valence-electron chi connectivity index (χ0n) is 6.68. The molecule has 1 rings (SSSR count). The Morgan fingerprint density at radius 2 is 2.00 bits per heavy atom. The molecule has 1 unspecified atom stereocenters. The zero-order valence-corrected chi connectivity index (χ0v) is 7.50. The average molecular weight is 162 g/mol. The molecule has 0 bridgehead atoms. The third kappa shape index (κ3) is 1.35. The van der Waals surface area contributed by atoms with Crippen molar-refractivity contribution in [1.29, 1.82) is 0 Å². The van der Waals surface area contributed by atoms with Gasteiger partial charge in [-0.1, -0.05) is 19.9 Å². The fraction of sp³-hybridized carbons (Fsp3) is 0.750. The number of rotatable bonds is 2. The summed E-state index contributed by atoms with van der Waals surface area (Å²) in [5.41, 5.74) is 6.40. The molecule has 1 nitrogen and oxygen atoms in total. The van der Waals surface area contributed by atoms with Gasteiger partial charge in [0, 0.05) is 5.54 Å². The fourth-order valence-corrected chi connectivity index (χ4v) is 1.35. The van der Waals surface area contributed by atoms with E-state index in [4.69, 9.17) is 5.73 Å². The van der Waals surface area contributed by atoms with Crippen LogP contribution < -0.4 is 5.73 Å². The minimum atomic E-state index is 0. The quantitative estimate of drug-likeness (QED) is 0.617. The summed E-state index contributed by atoms with van der Waals surface area (Å²) < 4.78 is 0. The summed E-state index contributed by atoms with van der Waals surface area (Å²) in [5, 5.41) is 0. The number of hydrogen-bond acceptors (Lipinski definition) is 1. The van der Waals surface area contributed by atoms with Crippen molar-refractivity contribution in [3.05, 3.63) is 12.7 Å². The van der Waals surface area contributed by atoms with E-state index in [2.05, 4.69) is 20.4 Å². The van der Waals surface area contributed by atoms with Crippen LogP contribution in [0.4, 0.5) is 0 Å². The van der Waals surface area contributed by atoms with Crippen LogP contribution in [-0.4, -0.2) is 5.54 Å². The van der Waals surface area contributed by atoms with Crippen LogP contribution in [0.15, 0.2) is 12.7 Å². The molecular weight excluding hydrogens is 146 g/mol. The van der Waals surface area contributed by atoms with E-state index in [-0.39, 0.29) is 17.9 Å². The van der Waals surface area contributed by atoms with Crippen molar-refractivity contribution in [3.63, 3.8) is 0 Å². The summed E-state index contributed by atoms with van der Waals surface area (Å²) in [4.78, 5) is 0. The molecule has 0 amide bonds. The molecule has 60 valence electrons. The standard InChI is InChI=1S/C8H15N.ClH/c1-4-5-8(9)6-7(8,2)3;/h4H,1,5-6,9H2,2-3H3;1H. The SMILES string of the molecule is C=CCC1(N)CC1(C)C.Cl. The van der Waals surface area contributed by atoms with Gasteiger partial charge in [0.05, 0.1) is 0 Å². The van der Waals surface area contributed by atoms with Gasteiger partial charge in [-0.2, -0.15) is 0 Å². The molecule has 0 heterocycles. The summed E-state index contributed by atoms with van der Waals surface area (Å²) in [7, 11) is 0. The molecule has 0 aliphatic heterocycles. The first-order valence-corrected chi connectivity index (χ1v) is 3.42. The van der Waals surface area contributed by atoms with E-state index in [1.807, 2.05) is 6.08 Å². The lowest BCUT2D eigenvalue weighted by Crippen LogP contribution is -2.27. The van der Waals surface area contributed by atoms with Crippen LogP contribution in [0.3, 0.4) is 0 Å². The summed E-state index contributed by atoms with van der Waals surface area (Å²) >= 11 is 0. The highest BCUT2D eigenvalue weighted by molar-refractivity contribution is 5.85. The molecule has 0 spiro atoms. The molecule has 1 aliphatic rings. The van der Waals surface area contributed by atoms with Gasteiger partial charge >= 0.3 is 0 Å². The highest BCUT2D eigenvalue weighted by atomic mass is 35.5. The Morgan fingerprint density at radius 3 is 2.10 bits per heavy atom. The minimum Gasteiger partial charge on any atom is -0.324 e. The lowest BCUT2D eigenvalue weighted by atomic mass is 10.0. The van der Waals surface area contributed by atoms with Crippen LogP contribution in [0.25, 0.3) is 0 Å². The molecule has 1 saturated carbocycles. The predicted octanol–water partition coefficient (Wildman–Crippen LogP) is 2.11. The number of nitrogens with two attached hydrogens (primary N) is 1. The highest BCUT2D eigenvalue weighted by Gasteiger charge is 2.57. The van der Waals surface area contributed by atoms with Crippen LogP contribution in [0, 0.1) is 5.41 Å². The Kier molecular flexibility index (Phi) is 2.55. The van der Waals surface area contributed by atoms with E-state index in [0.29, 0.717) is 5.41 Å². The van der Waals surface area contributed by atoms with E-state index in [1.54, 1.807) is 0 Å². The van der Waals surface area contributed by atoms with Crippen molar-refractivity contribution in [2.75, 3.05) is 0 Å². The lowest BCUT2D eigenvalue weighted by molar-refractivity contribution is 0.496. The van der Waals surface area contributed by atoms with Gasteiger partial charge in [0.15, 0.2) is 0 Å². The van der Waals surface area contributed by atoms with Crippen LogP contribution in [-0.2, 0) is 0 Å². The smallest absolute Gasteiger partial charge is 0.0247 e. The second-order valence-corrected chi connectivity index (χ2v) is 3.71. The molecule has 1 aliphatic carbocycles. The van der Waals surface area contributed by atoms with Gasteiger partial charge in [-0.25, -0.2) is 0 Å². The number of hydrogen-bond donors (Lipinski definition) is 1. The molecule has 1 atom stereocenters. The molecule has 2 N–H and O–H groups in total. The summed E-state index contributed by atoms with van der Waals surface area (Å²) in [6.07, 6.45) is 4.01. The fourth-order valence-electron chi connectivity index (χ4n) is 1.35. The molecule has 0 aromatic heterocycles. The van der Waals surface area contributed by atoms with E-state index in [0.717, 1.165) is 12.8 Å². The molecule has 0 aromatic rings. The molecule has 0 radical (unpaired) electrons. The summed E-state index contributed by atoms with van der Waals surface area (Å²) in [6, 6.07) is 0. The third-order valence-electron chi connectivity index (χ3n) is 2.49. The van der Waals surface area contributed by atoms with Crippen LogP contribution in [0.2, 0.25) is 0 Å². The second kappa shape index (κ2) is 2.55. The Balaban J connectivity index is 0.000000810. The highest BCUT2D eigenvalue weighted by Crippen LogP contribution is 2.55.